The fourth-order valence-electron chi connectivity index (χ4n) is 1.54. The molecule has 0 radical (unpaired) electrons. The first-order chi connectivity index (χ1) is 7.16. The van der Waals surface area contributed by atoms with Gasteiger partial charge in [0.1, 0.15) is 5.69 Å². The number of carbonyl (C=O) groups is 1. The Morgan fingerprint density at radius 2 is 1.81 bits per heavy atom. The maximum atomic E-state index is 13.1. The molecule has 88 valence electrons. The van der Waals surface area contributed by atoms with Crippen molar-refractivity contribution in [2.45, 2.75) is 25.6 Å². The molecule has 0 aliphatic carbocycles. The number of aryl methyl sites for hydroxylation is 1. The quantitative estimate of drug-likeness (QED) is 0.852. The summed E-state index contributed by atoms with van der Waals surface area (Å²) in [5.74, 6) is -1.16. The monoisotopic (exact) mass is 293 g/mol. The second kappa shape index (κ2) is 4.08. The van der Waals surface area contributed by atoms with Crippen LogP contribution in [0.4, 0.5) is 8.78 Å². The smallest absolute Gasteiger partial charge is 0.343 e. The molecule has 0 spiro atoms. The molecule has 0 atom stereocenters. The Morgan fingerprint density at radius 3 is 2.19 bits per heavy atom. The number of nitrogens with zero attached hydrogens (tertiary/aromatic N) is 1. The number of carboxylic acid groups (broad SMARTS) is 1. The lowest BCUT2D eigenvalue weighted by Gasteiger charge is -2.16. The van der Waals surface area contributed by atoms with Crippen LogP contribution in [0.3, 0.4) is 0 Å². The number of aromatic nitrogens is 1. The van der Waals surface area contributed by atoms with Crippen LogP contribution in [-0.2, 0) is 4.83 Å². The summed E-state index contributed by atoms with van der Waals surface area (Å²) in [6, 6.07) is 0. The molecule has 1 aromatic heterocycles. The van der Waals surface area contributed by atoms with Crippen molar-refractivity contribution in [2.75, 3.05) is 0 Å². The minimum absolute atomic E-state index is 0.0157. The topological polar surface area (TPSA) is 50.2 Å². The van der Waals surface area contributed by atoms with Crippen molar-refractivity contribution in [3.8, 4) is 0 Å². The molecule has 1 rings (SSSR count). The van der Waals surface area contributed by atoms with Crippen molar-refractivity contribution in [3.63, 3.8) is 0 Å². The van der Waals surface area contributed by atoms with Crippen LogP contribution in [0.15, 0.2) is 0 Å². The number of rotatable bonds is 2. The minimum Gasteiger partial charge on any atom is -0.478 e. The summed E-state index contributed by atoms with van der Waals surface area (Å²) in [5.41, 5.74) is 0.134. The minimum atomic E-state index is -3.25. The third-order valence-corrected chi connectivity index (χ3v) is 2.79. The first-order valence-electron chi connectivity index (χ1n) is 4.44. The predicted molar refractivity (Wildman–Crippen MR) is 58.2 cm³/mol. The van der Waals surface area contributed by atoms with E-state index in [1.165, 1.54) is 20.8 Å². The second-order valence-electron chi connectivity index (χ2n) is 3.47. The number of pyridine rings is 1. The van der Waals surface area contributed by atoms with Crippen molar-refractivity contribution in [1.29, 1.82) is 0 Å². The highest BCUT2D eigenvalue weighted by Crippen LogP contribution is 2.37. The first kappa shape index (κ1) is 13.0. The van der Waals surface area contributed by atoms with Crippen LogP contribution in [0.5, 0.6) is 0 Å². The average molecular weight is 294 g/mol. The SMILES string of the molecule is Cc1nc(C(F)(F)Br)c(C)c(C)c1C(=O)O. The van der Waals surface area contributed by atoms with Crippen molar-refractivity contribution in [2.24, 2.45) is 0 Å². The van der Waals surface area contributed by atoms with E-state index in [2.05, 4.69) is 20.9 Å². The summed E-state index contributed by atoms with van der Waals surface area (Å²) in [6.07, 6.45) is 0. The third-order valence-electron chi connectivity index (χ3n) is 2.42. The van der Waals surface area contributed by atoms with E-state index in [1.54, 1.807) is 0 Å². The Morgan fingerprint density at radius 1 is 1.31 bits per heavy atom. The van der Waals surface area contributed by atoms with Gasteiger partial charge in [-0.3, -0.25) is 0 Å². The maximum Gasteiger partial charge on any atom is 0.343 e. The summed E-state index contributed by atoms with van der Waals surface area (Å²) in [5, 5.41) is 8.93. The molecule has 0 unspecified atom stereocenters. The van der Waals surface area contributed by atoms with Crippen molar-refractivity contribution < 1.29 is 18.7 Å². The standard InChI is InChI=1S/C10H10BrF2NO2/c1-4-5(2)8(10(11,12)13)14-6(3)7(4)9(15)16/h1-3H3,(H,15,16). The number of aromatic carboxylic acids is 1. The van der Waals surface area contributed by atoms with Gasteiger partial charge in [0.15, 0.2) is 0 Å². The van der Waals surface area contributed by atoms with Gasteiger partial charge in [-0.1, -0.05) is 0 Å². The third kappa shape index (κ3) is 2.21. The van der Waals surface area contributed by atoms with E-state index < -0.39 is 16.5 Å². The molecule has 1 aromatic rings. The van der Waals surface area contributed by atoms with Crippen molar-refractivity contribution in [3.05, 3.63) is 28.1 Å². The summed E-state index contributed by atoms with van der Waals surface area (Å²) < 4.78 is 26.2. The Labute approximate surface area is 99.6 Å². The van der Waals surface area contributed by atoms with Gasteiger partial charge in [0.05, 0.1) is 11.3 Å². The fourth-order valence-corrected chi connectivity index (χ4v) is 1.92. The normalized spacial score (nSPS) is 11.6. The van der Waals surface area contributed by atoms with Gasteiger partial charge in [-0.25, -0.2) is 9.78 Å². The predicted octanol–water partition coefficient (Wildman–Crippen LogP) is 3.15. The van der Waals surface area contributed by atoms with Gasteiger partial charge in [-0.15, -0.1) is 0 Å². The van der Waals surface area contributed by atoms with E-state index >= 15 is 0 Å². The molecule has 0 aromatic carbocycles. The molecule has 0 saturated carbocycles. The first-order valence-corrected chi connectivity index (χ1v) is 5.23. The molecule has 1 heterocycles. The largest absolute Gasteiger partial charge is 0.478 e. The Bertz CT molecular complexity index is 455. The number of hydrogen-bond acceptors (Lipinski definition) is 2. The van der Waals surface area contributed by atoms with Crippen LogP contribution in [-0.4, -0.2) is 16.1 Å². The summed E-state index contributed by atoms with van der Waals surface area (Å²) in [7, 11) is 0. The molecule has 0 amide bonds. The van der Waals surface area contributed by atoms with Gasteiger partial charge < -0.3 is 5.11 Å². The lowest BCUT2D eigenvalue weighted by atomic mass is 10.0. The number of hydrogen-bond donors (Lipinski definition) is 1. The zero-order valence-electron chi connectivity index (χ0n) is 8.94. The zero-order valence-corrected chi connectivity index (χ0v) is 10.5. The van der Waals surface area contributed by atoms with Gasteiger partial charge >= 0.3 is 10.8 Å². The molecule has 0 aliphatic heterocycles. The molecule has 16 heavy (non-hydrogen) atoms. The van der Waals surface area contributed by atoms with Crippen LogP contribution in [0.1, 0.15) is 32.9 Å². The average Bonchev–Trinajstić information content (AvgIpc) is 2.09. The molecule has 0 saturated heterocycles. The molecule has 0 aliphatic rings. The molecular formula is C10H10BrF2NO2. The summed E-state index contributed by atoms with van der Waals surface area (Å²) in [6.45, 7) is 4.33. The van der Waals surface area contributed by atoms with Crippen LogP contribution in [0, 0.1) is 20.8 Å². The van der Waals surface area contributed by atoms with E-state index in [4.69, 9.17) is 5.11 Å². The number of halogens is 3. The van der Waals surface area contributed by atoms with E-state index in [0.717, 1.165) is 0 Å². The lowest BCUT2D eigenvalue weighted by molar-refractivity contribution is 0.0692. The van der Waals surface area contributed by atoms with Crippen LogP contribution in [0.25, 0.3) is 0 Å². The van der Waals surface area contributed by atoms with Crippen LogP contribution < -0.4 is 0 Å². The lowest BCUT2D eigenvalue weighted by Crippen LogP contribution is -2.15. The molecular weight excluding hydrogens is 284 g/mol. The molecule has 1 N–H and O–H groups in total. The summed E-state index contributed by atoms with van der Waals surface area (Å²) >= 11 is 2.22. The Hall–Kier alpha value is -1.04. The van der Waals surface area contributed by atoms with Gasteiger partial charge in [0.2, 0.25) is 0 Å². The highest BCUT2D eigenvalue weighted by atomic mass is 79.9. The van der Waals surface area contributed by atoms with Crippen LogP contribution >= 0.6 is 15.9 Å². The molecule has 3 nitrogen and oxygen atoms in total. The molecule has 6 heteroatoms. The van der Waals surface area contributed by atoms with E-state index in [0.29, 0.717) is 5.56 Å². The molecule has 0 bridgehead atoms. The van der Waals surface area contributed by atoms with E-state index in [1.807, 2.05) is 0 Å². The molecule has 0 fully saturated rings. The van der Waals surface area contributed by atoms with Crippen molar-refractivity contribution >= 4 is 21.9 Å². The number of alkyl halides is 3. The maximum absolute atomic E-state index is 13.1. The zero-order chi connectivity index (χ0) is 12.7. The summed E-state index contributed by atoms with van der Waals surface area (Å²) in [4.78, 5) is 11.3. The highest BCUT2D eigenvalue weighted by molar-refractivity contribution is 9.09. The Kier molecular flexibility index (Phi) is 3.33. The van der Waals surface area contributed by atoms with Crippen LogP contribution in [0.2, 0.25) is 0 Å². The second-order valence-corrected chi connectivity index (χ2v) is 4.47. The van der Waals surface area contributed by atoms with Gasteiger partial charge in [-0.2, -0.15) is 8.78 Å². The Balaban J connectivity index is 3.58. The van der Waals surface area contributed by atoms with Crippen molar-refractivity contribution in [1.82, 2.24) is 4.98 Å². The number of carboxylic acids is 1. The van der Waals surface area contributed by atoms with E-state index in [9.17, 15) is 13.6 Å². The fraction of sp³-hybridized carbons (Fsp3) is 0.400. The van der Waals surface area contributed by atoms with Gasteiger partial charge in [0, 0.05) is 0 Å². The van der Waals surface area contributed by atoms with Gasteiger partial charge in [0.25, 0.3) is 0 Å². The highest BCUT2D eigenvalue weighted by Gasteiger charge is 2.33. The van der Waals surface area contributed by atoms with E-state index in [-0.39, 0.29) is 16.8 Å². The van der Waals surface area contributed by atoms with Gasteiger partial charge in [-0.05, 0) is 47.8 Å².